The largest absolute Gasteiger partial charge is 0.385 e. The highest BCUT2D eigenvalue weighted by Crippen LogP contribution is 2.26. The molecule has 1 aliphatic carbocycles. The smallest absolute Gasteiger partial charge is 0.306 e. The first-order valence-corrected chi connectivity index (χ1v) is 7.89. The van der Waals surface area contributed by atoms with Gasteiger partial charge in [0.15, 0.2) is 0 Å². The van der Waals surface area contributed by atoms with Crippen LogP contribution < -0.4 is 11.1 Å². The van der Waals surface area contributed by atoms with Crippen molar-refractivity contribution in [2.24, 2.45) is 11.7 Å². The maximum Gasteiger partial charge on any atom is 0.306 e. The number of nitrogens with zero attached hydrogens (tertiary/aromatic N) is 1. The molecule has 1 saturated carbocycles. The van der Waals surface area contributed by atoms with Crippen LogP contribution in [0.5, 0.6) is 0 Å². The molecule has 2 rings (SSSR count). The van der Waals surface area contributed by atoms with E-state index in [0.29, 0.717) is 12.5 Å². The summed E-state index contributed by atoms with van der Waals surface area (Å²) in [5, 5.41) is 2.22. The Labute approximate surface area is 112 Å². The second-order valence-electron chi connectivity index (χ2n) is 5.10. The molecule has 108 valence electrons. The summed E-state index contributed by atoms with van der Waals surface area (Å²) in [6.07, 6.45) is 6.59. The van der Waals surface area contributed by atoms with Crippen LogP contribution in [0.1, 0.15) is 32.1 Å². The summed E-state index contributed by atoms with van der Waals surface area (Å²) in [4.78, 5) is 12.7. The quantitative estimate of drug-likeness (QED) is 0.629. The van der Waals surface area contributed by atoms with E-state index >= 15 is 0 Å². The van der Waals surface area contributed by atoms with Crippen LogP contribution in [0.25, 0.3) is 0 Å². The lowest BCUT2D eigenvalue weighted by molar-refractivity contribution is -0.118. The fourth-order valence-electron chi connectivity index (χ4n) is 2.68. The van der Waals surface area contributed by atoms with Gasteiger partial charge in [0.05, 0.1) is 0 Å². The monoisotopic (exact) mass is 289 g/mol. The second-order valence-corrected chi connectivity index (χ2v) is 6.58. The summed E-state index contributed by atoms with van der Waals surface area (Å²) in [6.45, 7) is 0.424. The lowest BCUT2D eigenvalue weighted by atomic mass is 9.89. The minimum absolute atomic E-state index is 0.0805. The van der Waals surface area contributed by atoms with Gasteiger partial charge < -0.3 is 16.0 Å². The Balaban J connectivity index is 2.17. The summed E-state index contributed by atoms with van der Waals surface area (Å²) in [7, 11) is -4.42. The van der Waals surface area contributed by atoms with Gasteiger partial charge in [-0.05, 0) is 18.8 Å². The maximum atomic E-state index is 11.3. The summed E-state index contributed by atoms with van der Waals surface area (Å²) in [5.41, 5.74) is 4.24. The van der Waals surface area contributed by atoms with Crippen molar-refractivity contribution in [1.82, 2.24) is 10.2 Å². The summed E-state index contributed by atoms with van der Waals surface area (Å²) in [6, 6.07) is 0. The normalized spacial score (nSPS) is 25.9. The minimum atomic E-state index is -4.42. The molecule has 1 heterocycles. The van der Waals surface area contributed by atoms with Crippen LogP contribution in [-0.2, 0) is 14.9 Å². The fraction of sp³-hybridized carbons (Fsp3) is 0.727. The van der Waals surface area contributed by atoms with Crippen molar-refractivity contribution >= 4 is 16.0 Å². The van der Waals surface area contributed by atoms with Gasteiger partial charge in [-0.1, -0.05) is 19.3 Å². The van der Waals surface area contributed by atoms with Crippen molar-refractivity contribution < 1.29 is 17.8 Å². The highest BCUT2D eigenvalue weighted by Gasteiger charge is 2.36. The highest BCUT2D eigenvalue weighted by atomic mass is 32.2. The molecule has 1 amide bonds. The number of hydrogen-bond acceptors (Lipinski definition) is 5. The van der Waals surface area contributed by atoms with Crippen LogP contribution in [0.4, 0.5) is 0 Å². The van der Waals surface area contributed by atoms with E-state index in [1.54, 1.807) is 0 Å². The van der Waals surface area contributed by atoms with Crippen LogP contribution in [0.2, 0.25) is 0 Å². The summed E-state index contributed by atoms with van der Waals surface area (Å²) < 4.78 is 31.9. The Morgan fingerprint density at radius 1 is 1.37 bits per heavy atom. The topological polar surface area (TPSA) is 113 Å². The average molecular weight is 289 g/mol. The highest BCUT2D eigenvalue weighted by molar-refractivity contribution is 7.86. The number of carbonyl (C=O) groups is 1. The zero-order chi connectivity index (χ0) is 14.0. The molecule has 1 fully saturated rings. The van der Waals surface area contributed by atoms with Crippen molar-refractivity contribution in [3.63, 3.8) is 0 Å². The lowest BCUT2D eigenvalue weighted by Gasteiger charge is -2.37. The van der Waals surface area contributed by atoms with Gasteiger partial charge in [0.25, 0.3) is 0 Å². The SMILES string of the molecule is NC1=CC(=O)NC(S(=O)(=O)O)N1CC1CCCCC1. The Kier molecular flexibility index (Phi) is 4.00. The molecule has 7 nitrogen and oxygen atoms in total. The van der Waals surface area contributed by atoms with E-state index in [4.69, 9.17) is 5.73 Å². The number of carbonyl (C=O) groups excluding carboxylic acids is 1. The van der Waals surface area contributed by atoms with Gasteiger partial charge in [-0.15, -0.1) is 0 Å². The van der Waals surface area contributed by atoms with Crippen molar-refractivity contribution in [1.29, 1.82) is 0 Å². The molecule has 2 aliphatic rings. The molecular weight excluding hydrogens is 270 g/mol. The molecular formula is C11H19N3O4S. The first-order valence-electron chi connectivity index (χ1n) is 6.38. The Hall–Kier alpha value is -1.28. The van der Waals surface area contributed by atoms with Crippen molar-refractivity contribution in [2.45, 2.75) is 37.6 Å². The minimum Gasteiger partial charge on any atom is -0.385 e. The zero-order valence-electron chi connectivity index (χ0n) is 10.6. The third kappa shape index (κ3) is 3.38. The van der Waals surface area contributed by atoms with Gasteiger partial charge in [-0.2, -0.15) is 8.42 Å². The van der Waals surface area contributed by atoms with Crippen molar-refractivity contribution in [3.05, 3.63) is 11.9 Å². The van der Waals surface area contributed by atoms with Gasteiger partial charge in [0.1, 0.15) is 5.82 Å². The Bertz CT molecular complexity index is 482. The van der Waals surface area contributed by atoms with E-state index in [1.165, 1.54) is 11.3 Å². The van der Waals surface area contributed by atoms with Gasteiger partial charge in [-0.3, -0.25) is 9.35 Å². The van der Waals surface area contributed by atoms with E-state index in [1.807, 2.05) is 0 Å². The molecule has 1 aliphatic heterocycles. The molecule has 0 bridgehead atoms. The third-order valence-corrected chi connectivity index (χ3v) is 4.56. The van der Waals surface area contributed by atoms with Gasteiger partial charge >= 0.3 is 10.1 Å². The van der Waals surface area contributed by atoms with Gasteiger partial charge in [0.2, 0.25) is 11.4 Å². The molecule has 1 atom stereocenters. The Morgan fingerprint density at radius 2 is 2.00 bits per heavy atom. The summed E-state index contributed by atoms with van der Waals surface area (Å²) in [5.74, 6) is -0.197. The van der Waals surface area contributed by atoms with E-state index < -0.39 is 21.5 Å². The molecule has 4 N–H and O–H groups in total. The molecule has 19 heavy (non-hydrogen) atoms. The predicted octanol–water partition coefficient (Wildman–Crippen LogP) is -0.0300. The van der Waals surface area contributed by atoms with Crippen LogP contribution >= 0.6 is 0 Å². The maximum absolute atomic E-state index is 11.3. The number of nitrogens with one attached hydrogen (secondary N) is 1. The zero-order valence-corrected chi connectivity index (χ0v) is 11.4. The van der Waals surface area contributed by atoms with E-state index in [2.05, 4.69) is 5.32 Å². The summed E-state index contributed by atoms with van der Waals surface area (Å²) >= 11 is 0. The second kappa shape index (κ2) is 5.38. The standard InChI is InChI=1S/C11H19N3O4S/c12-9-6-10(15)13-11(19(16,17)18)14(9)7-8-4-2-1-3-5-8/h6,8,11H,1-5,7,12H2,(H,13,15)(H,16,17,18). The predicted molar refractivity (Wildman–Crippen MR) is 69.0 cm³/mol. The van der Waals surface area contributed by atoms with Gasteiger partial charge in [-0.25, -0.2) is 0 Å². The lowest BCUT2D eigenvalue weighted by Crippen LogP contribution is -2.57. The molecule has 1 unspecified atom stereocenters. The molecule has 8 heteroatoms. The third-order valence-electron chi connectivity index (χ3n) is 3.62. The number of amides is 1. The van der Waals surface area contributed by atoms with Crippen LogP contribution in [-0.4, -0.2) is 35.8 Å². The van der Waals surface area contributed by atoms with E-state index in [9.17, 15) is 17.8 Å². The van der Waals surface area contributed by atoms with Crippen LogP contribution in [0.3, 0.4) is 0 Å². The first kappa shape index (κ1) is 14.1. The molecule has 0 spiro atoms. The molecule has 0 radical (unpaired) electrons. The van der Waals surface area contributed by atoms with Crippen LogP contribution in [0.15, 0.2) is 11.9 Å². The van der Waals surface area contributed by atoms with E-state index in [0.717, 1.165) is 31.8 Å². The van der Waals surface area contributed by atoms with Gasteiger partial charge in [0, 0.05) is 12.6 Å². The average Bonchev–Trinajstić information content (AvgIpc) is 2.32. The number of hydrogen-bond donors (Lipinski definition) is 3. The number of nitrogens with two attached hydrogens (primary N) is 1. The molecule has 0 aromatic carbocycles. The fourth-order valence-corrected chi connectivity index (χ4v) is 3.47. The number of rotatable bonds is 3. The van der Waals surface area contributed by atoms with Crippen molar-refractivity contribution in [2.75, 3.05) is 6.54 Å². The van der Waals surface area contributed by atoms with Crippen LogP contribution in [0, 0.1) is 5.92 Å². The first-order chi connectivity index (χ1) is 8.88. The molecule has 0 saturated heterocycles. The van der Waals surface area contributed by atoms with Crippen molar-refractivity contribution in [3.8, 4) is 0 Å². The van der Waals surface area contributed by atoms with E-state index in [-0.39, 0.29) is 5.82 Å². The Morgan fingerprint density at radius 3 is 2.58 bits per heavy atom. The molecule has 0 aromatic rings. The molecule has 0 aromatic heterocycles.